The zero-order valence-electron chi connectivity index (χ0n) is 9.20. The molecule has 0 spiro atoms. The summed E-state index contributed by atoms with van der Waals surface area (Å²) in [7, 11) is -6.83. The number of aromatic nitrogens is 2. The second kappa shape index (κ2) is 3.79. The third-order valence-corrected chi connectivity index (χ3v) is 5.62. The molecular formula is C8H13N3O4S2. The molecule has 0 saturated carbocycles. The lowest BCUT2D eigenvalue weighted by Crippen LogP contribution is -2.16. The van der Waals surface area contributed by atoms with Gasteiger partial charge in [0.2, 0.25) is 10.0 Å². The molecule has 17 heavy (non-hydrogen) atoms. The molecule has 7 nitrogen and oxygen atoms in total. The number of nitrogens with zero attached hydrogens (tertiary/aromatic N) is 2. The average Bonchev–Trinajstić information content (AvgIpc) is 2.67. The van der Waals surface area contributed by atoms with E-state index in [4.69, 9.17) is 5.14 Å². The van der Waals surface area contributed by atoms with Gasteiger partial charge in [0.1, 0.15) is 4.90 Å². The van der Waals surface area contributed by atoms with Crippen molar-refractivity contribution >= 4 is 19.9 Å². The molecule has 1 saturated heterocycles. The summed E-state index contributed by atoms with van der Waals surface area (Å²) in [5, 5.41) is 8.95. The molecular weight excluding hydrogens is 266 g/mol. The Morgan fingerprint density at radius 2 is 2.18 bits per heavy atom. The van der Waals surface area contributed by atoms with Crippen LogP contribution >= 0.6 is 0 Å². The van der Waals surface area contributed by atoms with Crippen LogP contribution in [-0.2, 0) is 19.9 Å². The second-order valence-corrected chi connectivity index (χ2v) is 7.90. The number of hydrogen-bond donors (Lipinski definition) is 1. The van der Waals surface area contributed by atoms with Crippen molar-refractivity contribution in [3.8, 4) is 0 Å². The van der Waals surface area contributed by atoms with Gasteiger partial charge in [-0.25, -0.2) is 22.0 Å². The SMILES string of the molecule is Cc1c(S(N)(=O)=O)cnn1C1CCS(=O)(=O)C1. The third-order valence-electron chi connectivity index (χ3n) is 2.86. The third kappa shape index (κ3) is 2.35. The summed E-state index contributed by atoms with van der Waals surface area (Å²) < 4.78 is 46.6. The number of hydrogen-bond acceptors (Lipinski definition) is 5. The number of primary sulfonamides is 1. The Labute approximate surface area is 99.6 Å². The van der Waals surface area contributed by atoms with Gasteiger partial charge in [0.15, 0.2) is 9.84 Å². The summed E-state index contributed by atoms with van der Waals surface area (Å²) in [5.74, 6) is 0.112. The summed E-state index contributed by atoms with van der Waals surface area (Å²) in [5.41, 5.74) is 0.384. The van der Waals surface area contributed by atoms with E-state index in [9.17, 15) is 16.8 Å². The van der Waals surface area contributed by atoms with Gasteiger partial charge in [0, 0.05) is 0 Å². The molecule has 0 aliphatic carbocycles. The van der Waals surface area contributed by atoms with E-state index in [0.717, 1.165) is 6.20 Å². The van der Waals surface area contributed by atoms with Gasteiger partial charge in [-0.2, -0.15) is 5.10 Å². The van der Waals surface area contributed by atoms with Crippen molar-refractivity contribution in [1.29, 1.82) is 0 Å². The van der Waals surface area contributed by atoms with Crippen LogP contribution in [0.15, 0.2) is 11.1 Å². The summed E-state index contributed by atoms with van der Waals surface area (Å²) in [6.07, 6.45) is 1.62. The zero-order valence-corrected chi connectivity index (χ0v) is 10.8. The summed E-state index contributed by atoms with van der Waals surface area (Å²) in [6.45, 7) is 1.57. The van der Waals surface area contributed by atoms with Gasteiger partial charge in [-0.15, -0.1) is 0 Å². The lowest BCUT2D eigenvalue weighted by atomic mass is 10.2. The smallest absolute Gasteiger partial charge is 0.241 e. The van der Waals surface area contributed by atoms with Crippen LogP contribution in [0, 0.1) is 6.92 Å². The molecule has 1 aliphatic rings. The van der Waals surface area contributed by atoms with E-state index in [-0.39, 0.29) is 22.4 Å². The van der Waals surface area contributed by atoms with Gasteiger partial charge in [-0.3, -0.25) is 4.68 Å². The minimum atomic E-state index is -3.80. The Hall–Kier alpha value is -0.930. The first kappa shape index (κ1) is 12.5. The molecule has 1 fully saturated rings. The topological polar surface area (TPSA) is 112 Å². The van der Waals surface area contributed by atoms with Crippen molar-refractivity contribution in [1.82, 2.24) is 9.78 Å². The molecule has 2 N–H and O–H groups in total. The van der Waals surface area contributed by atoms with Crippen LogP contribution in [0.3, 0.4) is 0 Å². The number of nitrogens with two attached hydrogens (primary N) is 1. The molecule has 0 amide bonds. The number of sulfonamides is 1. The maximum absolute atomic E-state index is 11.3. The molecule has 1 aromatic heterocycles. The molecule has 1 aliphatic heterocycles. The first-order valence-corrected chi connectivity index (χ1v) is 8.35. The Morgan fingerprint density at radius 3 is 2.59 bits per heavy atom. The average molecular weight is 279 g/mol. The van der Waals surface area contributed by atoms with Crippen LogP contribution in [0.5, 0.6) is 0 Å². The van der Waals surface area contributed by atoms with Crippen LogP contribution in [0.1, 0.15) is 18.2 Å². The van der Waals surface area contributed by atoms with Gasteiger partial charge < -0.3 is 0 Å². The molecule has 1 aromatic rings. The van der Waals surface area contributed by atoms with Gasteiger partial charge in [-0.05, 0) is 13.3 Å². The van der Waals surface area contributed by atoms with E-state index in [1.54, 1.807) is 6.92 Å². The van der Waals surface area contributed by atoms with Gasteiger partial charge in [0.25, 0.3) is 0 Å². The number of rotatable bonds is 2. The highest BCUT2D eigenvalue weighted by molar-refractivity contribution is 7.91. The largest absolute Gasteiger partial charge is 0.264 e. The van der Waals surface area contributed by atoms with Crippen molar-refractivity contribution in [2.24, 2.45) is 5.14 Å². The Bertz CT molecular complexity index is 644. The first-order valence-electron chi connectivity index (χ1n) is 4.98. The van der Waals surface area contributed by atoms with Crippen molar-refractivity contribution in [2.45, 2.75) is 24.3 Å². The highest BCUT2D eigenvalue weighted by Gasteiger charge is 2.31. The van der Waals surface area contributed by atoms with Crippen LogP contribution in [-0.4, -0.2) is 38.1 Å². The standard InChI is InChI=1S/C8H13N3O4S2/c1-6-8(17(9,14)15)4-10-11(6)7-2-3-16(12,13)5-7/h4,7H,2-3,5H2,1H3,(H2,9,14,15). The van der Waals surface area contributed by atoms with Crippen LogP contribution in [0.25, 0.3) is 0 Å². The van der Waals surface area contributed by atoms with Crippen LogP contribution in [0.2, 0.25) is 0 Å². The molecule has 0 bridgehead atoms. The van der Waals surface area contributed by atoms with Crippen LogP contribution < -0.4 is 5.14 Å². The van der Waals surface area contributed by atoms with Gasteiger partial charge in [-0.1, -0.05) is 0 Å². The fraction of sp³-hybridized carbons (Fsp3) is 0.625. The van der Waals surface area contributed by atoms with E-state index < -0.39 is 19.9 Å². The fourth-order valence-corrected chi connectivity index (χ4v) is 4.41. The normalized spacial score (nSPS) is 24.0. The summed E-state index contributed by atoms with van der Waals surface area (Å²) >= 11 is 0. The van der Waals surface area contributed by atoms with E-state index in [1.165, 1.54) is 4.68 Å². The second-order valence-electron chi connectivity index (χ2n) is 4.14. The van der Waals surface area contributed by atoms with Crippen LogP contribution in [0.4, 0.5) is 0 Å². The zero-order chi connectivity index (χ0) is 12.8. The predicted molar refractivity (Wildman–Crippen MR) is 60.6 cm³/mol. The fourth-order valence-electron chi connectivity index (χ4n) is 2.02. The molecule has 0 aromatic carbocycles. The molecule has 1 atom stereocenters. The van der Waals surface area contributed by atoms with E-state index in [0.29, 0.717) is 12.1 Å². The minimum absolute atomic E-state index is 0.000418. The first-order chi connectivity index (χ1) is 7.71. The maximum Gasteiger partial charge on any atom is 0.241 e. The van der Waals surface area contributed by atoms with Gasteiger partial charge in [0.05, 0.1) is 29.4 Å². The maximum atomic E-state index is 11.3. The Morgan fingerprint density at radius 1 is 1.53 bits per heavy atom. The van der Waals surface area contributed by atoms with Crippen molar-refractivity contribution in [3.05, 3.63) is 11.9 Å². The van der Waals surface area contributed by atoms with Gasteiger partial charge >= 0.3 is 0 Å². The lowest BCUT2D eigenvalue weighted by Gasteiger charge is -2.10. The Balaban J connectivity index is 2.40. The molecule has 9 heteroatoms. The number of sulfone groups is 1. The molecule has 0 radical (unpaired) electrons. The molecule has 1 unspecified atom stereocenters. The monoisotopic (exact) mass is 279 g/mol. The summed E-state index contributed by atoms with van der Waals surface area (Å²) in [4.78, 5) is -0.0539. The minimum Gasteiger partial charge on any atom is -0.264 e. The molecule has 2 rings (SSSR count). The van der Waals surface area contributed by atoms with E-state index in [1.807, 2.05) is 0 Å². The lowest BCUT2D eigenvalue weighted by molar-refractivity contribution is 0.486. The van der Waals surface area contributed by atoms with Crippen molar-refractivity contribution in [3.63, 3.8) is 0 Å². The van der Waals surface area contributed by atoms with E-state index >= 15 is 0 Å². The van der Waals surface area contributed by atoms with Crippen molar-refractivity contribution in [2.75, 3.05) is 11.5 Å². The molecule has 2 heterocycles. The molecule has 96 valence electrons. The highest BCUT2D eigenvalue weighted by Crippen LogP contribution is 2.26. The Kier molecular flexibility index (Phi) is 2.79. The quantitative estimate of drug-likeness (QED) is 0.761. The predicted octanol–water partition coefficient (Wildman–Crippen LogP) is -0.801. The highest BCUT2D eigenvalue weighted by atomic mass is 32.2. The summed E-state index contributed by atoms with van der Waals surface area (Å²) in [6, 6.07) is -0.296. The van der Waals surface area contributed by atoms with Crippen molar-refractivity contribution < 1.29 is 16.8 Å². The van der Waals surface area contributed by atoms with E-state index in [2.05, 4.69) is 5.10 Å².